The first kappa shape index (κ1) is 24.9. The Balaban J connectivity index is 1.56. The normalized spacial score (nSPS) is 14.9. The molecule has 0 saturated carbocycles. The van der Waals surface area contributed by atoms with Crippen LogP contribution in [0.3, 0.4) is 0 Å². The molecule has 1 saturated heterocycles. The highest BCUT2D eigenvalue weighted by molar-refractivity contribution is 6.31. The van der Waals surface area contributed by atoms with E-state index >= 15 is 0 Å². The number of carbonyl (C=O) groups excluding carboxylic acids is 1. The second-order valence-corrected chi connectivity index (χ2v) is 8.24. The maximum Gasteiger partial charge on any atom is 0.470 e. The molecule has 13 heteroatoms. The van der Waals surface area contributed by atoms with Gasteiger partial charge in [-0.05, 0) is 36.9 Å². The van der Waals surface area contributed by atoms with E-state index in [9.17, 15) is 22.4 Å². The minimum atomic E-state index is -4.75. The number of likely N-dealkylation sites (N-methyl/N-ethyl adjacent to an activating group) is 1. The molecule has 3 aromatic rings. The monoisotopic (exact) mass is 512 g/mol. The van der Waals surface area contributed by atoms with E-state index in [1.807, 2.05) is 0 Å². The summed E-state index contributed by atoms with van der Waals surface area (Å²) in [6.07, 6.45) is -3.47. The third kappa shape index (κ3) is 5.70. The second kappa shape index (κ2) is 10.2. The summed E-state index contributed by atoms with van der Waals surface area (Å²) in [5.41, 5.74) is 1.01. The van der Waals surface area contributed by atoms with Crippen molar-refractivity contribution in [3.63, 3.8) is 0 Å². The van der Waals surface area contributed by atoms with Gasteiger partial charge in [-0.3, -0.25) is 9.88 Å². The number of anilines is 1. The van der Waals surface area contributed by atoms with Crippen LogP contribution in [-0.4, -0.2) is 63.7 Å². The lowest BCUT2D eigenvalue weighted by molar-refractivity contribution is -0.156. The number of amides is 2. The predicted octanol–water partition coefficient (Wildman–Crippen LogP) is 4.71. The lowest BCUT2D eigenvalue weighted by Gasteiger charge is -2.37. The summed E-state index contributed by atoms with van der Waals surface area (Å²) in [7, 11) is 0. The summed E-state index contributed by atoms with van der Waals surface area (Å²) >= 11 is 5.96. The molecule has 0 radical (unpaired) electrons. The van der Waals surface area contributed by atoms with Crippen LogP contribution in [0.2, 0.25) is 5.02 Å². The zero-order valence-electron chi connectivity index (χ0n) is 18.6. The molecule has 0 aliphatic carbocycles. The maximum atomic E-state index is 13.8. The van der Waals surface area contributed by atoms with Gasteiger partial charge in [0.05, 0.1) is 22.8 Å². The first-order valence-electron chi connectivity index (χ1n) is 10.8. The summed E-state index contributed by atoms with van der Waals surface area (Å²) < 4.78 is 56.6. The van der Waals surface area contributed by atoms with Crippen LogP contribution in [0.1, 0.15) is 18.5 Å². The molecule has 2 aromatic heterocycles. The smallest absolute Gasteiger partial charge is 0.413 e. The lowest BCUT2D eigenvalue weighted by atomic mass is 10.2. The number of alkyl halides is 3. The van der Waals surface area contributed by atoms with E-state index in [4.69, 9.17) is 11.6 Å². The molecule has 2 amide bonds. The number of hydrogen-bond acceptors (Lipinski definition) is 6. The number of piperazine rings is 1. The summed E-state index contributed by atoms with van der Waals surface area (Å²) in [5, 5.41) is 6.28. The number of halogens is 5. The van der Waals surface area contributed by atoms with Crippen molar-refractivity contribution in [3.05, 3.63) is 59.0 Å². The minimum absolute atomic E-state index is 0.0205. The Kier molecular flexibility index (Phi) is 7.22. The Bertz CT molecular complexity index is 1180. The van der Waals surface area contributed by atoms with Gasteiger partial charge in [0.1, 0.15) is 5.82 Å². The summed E-state index contributed by atoms with van der Waals surface area (Å²) in [6, 6.07) is 6.71. The van der Waals surface area contributed by atoms with Crippen molar-refractivity contribution in [3.8, 4) is 11.5 Å². The van der Waals surface area contributed by atoms with E-state index < -0.39 is 17.9 Å². The molecule has 0 N–H and O–H groups in total. The third-order valence-corrected chi connectivity index (χ3v) is 5.88. The van der Waals surface area contributed by atoms with Crippen molar-refractivity contribution in [2.45, 2.75) is 19.6 Å². The first-order valence-corrected chi connectivity index (χ1v) is 11.1. The molecule has 0 spiro atoms. The fraction of sp³-hybridized carbons (Fsp3) is 0.364. The van der Waals surface area contributed by atoms with Gasteiger partial charge in [0.25, 0.3) is 0 Å². The molecule has 0 bridgehead atoms. The van der Waals surface area contributed by atoms with E-state index in [1.165, 1.54) is 41.4 Å². The fourth-order valence-corrected chi connectivity index (χ4v) is 3.78. The van der Waals surface area contributed by atoms with Crippen LogP contribution in [-0.2, 0) is 12.7 Å². The highest BCUT2D eigenvalue weighted by atomic mass is 35.5. The highest BCUT2D eigenvalue weighted by Crippen LogP contribution is 2.30. The van der Waals surface area contributed by atoms with Gasteiger partial charge in [0.2, 0.25) is 5.89 Å². The van der Waals surface area contributed by atoms with Crippen LogP contribution >= 0.6 is 11.6 Å². The molecule has 3 heterocycles. The number of urea groups is 1. The molecule has 35 heavy (non-hydrogen) atoms. The largest absolute Gasteiger partial charge is 0.470 e. The molecular weight excluding hydrogens is 492 g/mol. The van der Waals surface area contributed by atoms with Gasteiger partial charge >= 0.3 is 18.1 Å². The van der Waals surface area contributed by atoms with Crippen LogP contribution in [0.5, 0.6) is 0 Å². The minimum Gasteiger partial charge on any atom is -0.413 e. The maximum absolute atomic E-state index is 13.8. The van der Waals surface area contributed by atoms with Gasteiger partial charge in [-0.15, -0.1) is 10.2 Å². The van der Waals surface area contributed by atoms with Crippen molar-refractivity contribution in [2.24, 2.45) is 0 Å². The molecule has 4 rings (SSSR count). The van der Waals surface area contributed by atoms with Crippen molar-refractivity contribution < 1.29 is 26.8 Å². The van der Waals surface area contributed by atoms with E-state index in [0.717, 1.165) is 19.6 Å². The third-order valence-electron chi connectivity index (χ3n) is 5.60. The molecule has 0 unspecified atom stereocenters. The SMILES string of the molecule is CCN1CCN(C(=O)N(Cc2ccc(-c3nnc(C(F)(F)F)o3)cn2)c2ccc(F)c(Cl)c2)CC1. The van der Waals surface area contributed by atoms with Crippen molar-refractivity contribution in [2.75, 3.05) is 37.6 Å². The van der Waals surface area contributed by atoms with Crippen molar-refractivity contribution in [1.82, 2.24) is 25.0 Å². The molecule has 1 aromatic carbocycles. The highest BCUT2D eigenvalue weighted by Gasteiger charge is 2.38. The van der Waals surface area contributed by atoms with E-state index in [1.54, 1.807) is 4.90 Å². The summed E-state index contributed by atoms with van der Waals surface area (Å²) in [4.78, 5) is 23.0. The number of aromatic nitrogens is 3. The van der Waals surface area contributed by atoms with E-state index in [2.05, 4.69) is 31.4 Å². The topological polar surface area (TPSA) is 78.6 Å². The average Bonchev–Trinajstić information content (AvgIpc) is 3.36. The van der Waals surface area contributed by atoms with Crippen LogP contribution < -0.4 is 4.90 Å². The molecule has 8 nitrogen and oxygen atoms in total. The molecule has 0 atom stereocenters. The summed E-state index contributed by atoms with van der Waals surface area (Å²) in [6.45, 7) is 5.49. The molecule has 1 aliphatic rings. The quantitative estimate of drug-likeness (QED) is 0.461. The van der Waals surface area contributed by atoms with Gasteiger partial charge < -0.3 is 14.2 Å². The van der Waals surface area contributed by atoms with E-state index in [-0.39, 0.29) is 29.1 Å². The second-order valence-electron chi connectivity index (χ2n) is 7.84. The number of nitrogens with zero attached hydrogens (tertiary/aromatic N) is 6. The predicted molar refractivity (Wildman–Crippen MR) is 119 cm³/mol. The molecule has 1 fully saturated rings. The fourth-order valence-electron chi connectivity index (χ4n) is 3.61. The Morgan fingerprint density at radius 2 is 1.89 bits per heavy atom. The summed E-state index contributed by atoms with van der Waals surface area (Å²) in [5.74, 6) is -2.40. The van der Waals surface area contributed by atoms with Crippen molar-refractivity contribution >= 4 is 23.3 Å². The van der Waals surface area contributed by atoms with Crippen LogP contribution in [0, 0.1) is 5.82 Å². The zero-order valence-corrected chi connectivity index (χ0v) is 19.4. The van der Waals surface area contributed by atoms with E-state index in [0.29, 0.717) is 24.5 Å². The number of hydrogen-bond donors (Lipinski definition) is 0. The zero-order chi connectivity index (χ0) is 25.2. The van der Waals surface area contributed by atoms with Gasteiger partial charge in [-0.25, -0.2) is 9.18 Å². The number of pyridine rings is 1. The van der Waals surface area contributed by atoms with Gasteiger partial charge in [-0.1, -0.05) is 18.5 Å². The van der Waals surface area contributed by atoms with Gasteiger partial charge in [0.15, 0.2) is 0 Å². The van der Waals surface area contributed by atoms with Crippen molar-refractivity contribution in [1.29, 1.82) is 0 Å². The number of benzene rings is 1. The first-order chi connectivity index (χ1) is 16.7. The lowest BCUT2D eigenvalue weighted by Crippen LogP contribution is -2.52. The Morgan fingerprint density at radius 1 is 1.14 bits per heavy atom. The van der Waals surface area contributed by atoms with Gasteiger partial charge in [-0.2, -0.15) is 13.2 Å². The Labute approximate surface area is 203 Å². The van der Waals surface area contributed by atoms with Crippen LogP contribution in [0.15, 0.2) is 40.9 Å². The standard InChI is InChI=1S/C22H21ClF4N6O2/c1-2-31-7-9-32(10-8-31)21(34)33(16-5-6-18(24)17(23)11-16)13-15-4-3-14(12-28-15)19-29-30-20(35-19)22(25,26)27/h3-6,11-12H,2,7-10,13H2,1H3. The van der Waals surface area contributed by atoms with Gasteiger partial charge in [0, 0.05) is 38.1 Å². The van der Waals surface area contributed by atoms with Crippen LogP contribution in [0.25, 0.3) is 11.5 Å². The number of rotatable bonds is 5. The molecule has 1 aliphatic heterocycles. The Hall–Kier alpha value is -3.25. The molecular formula is C22H21ClF4N6O2. The Morgan fingerprint density at radius 3 is 2.46 bits per heavy atom. The number of carbonyl (C=O) groups is 1. The molecule has 186 valence electrons. The van der Waals surface area contributed by atoms with Crippen LogP contribution in [0.4, 0.5) is 28.0 Å². The average molecular weight is 513 g/mol.